The molecule has 3 aliphatic heterocycles. The van der Waals surface area contributed by atoms with Crippen molar-refractivity contribution in [2.75, 3.05) is 64.0 Å². The van der Waals surface area contributed by atoms with Crippen LogP contribution in [0.15, 0.2) is 48.5 Å². The summed E-state index contributed by atoms with van der Waals surface area (Å²) in [5.74, 6) is 0.543. The number of carbonyl (C=O) groups is 1. The summed E-state index contributed by atoms with van der Waals surface area (Å²) in [4.78, 5) is 17.6. The first-order valence-corrected chi connectivity index (χ1v) is 14.8. The Morgan fingerprint density at radius 1 is 0.897 bits per heavy atom. The lowest BCUT2D eigenvalue weighted by Crippen LogP contribution is -2.53. The molecule has 0 aliphatic carbocycles. The van der Waals surface area contributed by atoms with Crippen LogP contribution >= 0.6 is 0 Å². The summed E-state index contributed by atoms with van der Waals surface area (Å²) in [6.07, 6.45) is 6.88. The van der Waals surface area contributed by atoms with Crippen LogP contribution in [-0.4, -0.2) is 80.6 Å². The van der Waals surface area contributed by atoms with E-state index >= 15 is 0 Å². The molecule has 0 saturated carbocycles. The molecule has 1 amide bonds. The molecule has 1 spiro atoms. The van der Waals surface area contributed by atoms with E-state index in [0.717, 1.165) is 84.3 Å². The predicted molar refractivity (Wildman–Crippen MR) is 155 cm³/mol. The van der Waals surface area contributed by atoms with Crippen LogP contribution in [0.5, 0.6) is 5.75 Å². The topological polar surface area (TPSA) is 74.3 Å². The highest BCUT2D eigenvalue weighted by Crippen LogP contribution is 2.39. The Morgan fingerprint density at radius 2 is 1.64 bits per heavy atom. The van der Waals surface area contributed by atoms with Crippen LogP contribution in [0.1, 0.15) is 60.9 Å². The number of β-amino-alcohol motifs (C(OH)–C–C–N with tert-alkyl or cyclic N) is 1. The molecule has 212 valence electrons. The van der Waals surface area contributed by atoms with E-state index in [2.05, 4.69) is 46.3 Å². The van der Waals surface area contributed by atoms with E-state index in [1.54, 1.807) is 0 Å². The van der Waals surface area contributed by atoms with Gasteiger partial charge < -0.3 is 29.7 Å². The molecule has 2 N–H and O–H groups in total. The second kappa shape index (κ2) is 12.7. The zero-order valence-corrected chi connectivity index (χ0v) is 23.5. The van der Waals surface area contributed by atoms with Gasteiger partial charge in [0.15, 0.2) is 0 Å². The van der Waals surface area contributed by atoms with Crippen molar-refractivity contribution in [3.05, 3.63) is 59.7 Å². The van der Waals surface area contributed by atoms with Gasteiger partial charge in [-0.2, -0.15) is 0 Å². The van der Waals surface area contributed by atoms with Gasteiger partial charge in [-0.05, 0) is 82.3 Å². The van der Waals surface area contributed by atoms with Gasteiger partial charge in [0.25, 0.3) is 5.91 Å². The molecule has 0 unspecified atom stereocenters. The van der Waals surface area contributed by atoms with E-state index in [9.17, 15) is 9.90 Å². The molecule has 0 aromatic heterocycles. The molecule has 3 aliphatic rings. The predicted octanol–water partition coefficient (Wildman–Crippen LogP) is 4.42. The van der Waals surface area contributed by atoms with Gasteiger partial charge >= 0.3 is 0 Å². The third-order valence-electron chi connectivity index (χ3n) is 9.03. The van der Waals surface area contributed by atoms with Crippen LogP contribution in [0, 0.1) is 12.3 Å². The van der Waals surface area contributed by atoms with Gasteiger partial charge in [0.2, 0.25) is 0 Å². The SMILES string of the molecule is Cc1ccccc1N1CCC(O)(CN2CCC3(CCCCOCCNC(=O)c4ccccc4OC3)CC2)CC1. The summed E-state index contributed by atoms with van der Waals surface area (Å²) < 4.78 is 12.2. The number of likely N-dealkylation sites (tertiary alicyclic amines) is 1. The van der Waals surface area contributed by atoms with Crippen molar-refractivity contribution < 1.29 is 19.4 Å². The number of ether oxygens (including phenoxy) is 2. The van der Waals surface area contributed by atoms with Crippen LogP contribution in [0.25, 0.3) is 0 Å². The van der Waals surface area contributed by atoms with Crippen molar-refractivity contribution in [1.82, 2.24) is 10.2 Å². The number of piperidine rings is 2. The Bertz CT molecular complexity index is 1090. The highest BCUT2D eigenvalue weighted by Gasteiger charge is 2.39. The molecule has 0 radical (unpaired) electrons. The third-order valence-corrected chi connectivity index (χ3v) is 9.03. The lowest BCUT2D eigenvalue weighted by Gasteiger charge is -2.46. The van der Waals surface area contributed by atoms with Gasteiger partial charge in [0.1, 0.15) is 5.75 Å². The number of nitrogens with one attached hydrogen (secondary N) is 1. The fourth-order valence-corrected chi connectivity index (χ4v) is 6.46. The van der Waals surface area contributed by atoms with E-state index in [4.69, 9.17) is 9.47 Å². The number of amides is 1. The van der Waals surface area contributed by atoms with Gasteiger partial charge in [-0.1, -0.05) is 36.8 Å². The Balaban J connectivity index is 1.19. The number of nitrogens with zero attached hydrogens (tertiary/aromatic N) is 2. The second-order valence-corrected chi connectivity index (χ2v) is 11.9. The maximum atomic E-state index is 12.7. The zero-order valence-electron chi connectivity index (χ0n) is 23.5. The number of anilines is 1. The molecule has 39 heavy (non-hydrogen) atoms. The first-order valence-electron chi connectivity index (χ1n) is 14.8. The quantitative estimate of drug-likeness (QED) is 0.606. The summed E-state index contributed by atoms with van der Waals surface area (Å²) >= 11 is 0. The fraction of sp³-hybridized carbons (Fsp3) is 0.594. The summed E-state index contributed by atoms with van der Waals surface area (Å²) in [6.45, 7) is 8.98. The number of rotatable bonds is 3. The molecule has 5 rings (SSSR count). The van der Waals surface area contributed by atoms with Crippen molar-refractivity contribution >= 4 is 11.6 Å². The lowest BCUT2D eigenvalue weighted by atomic mass is 9.74. The summed E-state index contributed by atoms with van der Waals surface area (Å²) in [5.41, 5.74) is 2.61. The number of aryl methyl sites for hydroxylation is 1. The van der Waals surface area contributed by atoms with E-state index < -0.39 is 5.60 Å². The van der Waals surface area contributed by atoms with E-state index in [0.29, 0.717) is 31.1 Å². The summed E-state index contributed by atoms with van der Waals surface area (Å²) in [5, 5.41) is 14.5. The molecule has 0 atom stereocenters. The average molecular weight is 536 g/mol. The van der Waals surface area contributed by atoms with Crippen molar-refractivity contribution in [2.24, 2.45) is 5.41 Å². The zero-order chi connectivity index (χ0) is 27.1. The molecule has 2 saturated heterocycles. The van der Waals surface area contributed by atoms with Crippen molar-refractivity contribution in [3.63, 3.8) is 0 Å². The van der Waals surface area contributed by atoms with Crippen LogP contribution in [-0.2, 0) is 4.74 Å². The fourth-order valence-electron chi connectivity index (χ4n) is 6.46. The second-order valence-electron chi connectivity index (χ2n) is 11.9. The molecule has 2 aromatic carbocycles. The molecule has 3 heterocycles. The largest absolute Gasteiger partial charge is 0.492 e. The number of carbonyl (C=O) groups excluding carboxylic acids is 1. The van der Waals surface area contributed by atoms with Gasteiger partial charge in [-0.25, -0.2) is 0 Å². The number of hydrogen-bond acceptors (Lipinski definition) is 6. The number of benzene rings is 2. The smallest absolute Gasteiger partial charge is 0.255 e. The number of aliphatic hydroxyl groups is 1. The molecule has 7 heteroatoms. The van der Waals surface area contributed by atoms with Gasteiger partial charge in [0, 0.05) is 43.9 Å². The standard InChI is InChI=1S/C32H45N3O4/c1-26-8-2-4-10-28(26)35-20-15-32(37,16-21-35)24-34-18-13-31(14-19-34)12-6-7-22-38-23-17-33-30(36)27-9-3-5-11-29(27)39-25-31/h2-5,8-11,37H,6-7,12-25H2,1H3,(H,33,36). The number of hydrogen-bond donors (Lipinski definition) is 2. The normalized spacial score (nSPS) is 22.8. The minimum Gasteiger partial charge on any atom is -0.492 e. The molecule has 0 bridgehead atoms. The van der Waals surface area contributed by atoms with E-state index in [-0.39, 0.29) is 11.3 Å². The van der Waals surface area contributed by atoms with Crippen LogP contribution in [0.2, 0.25) is 0 Å². The molecular formula is C32H45N3O4. The first-order chi connectivity index (χ1) is 19.0. The minimum atomic E-state index is -0.632. The molecular weight excluding hydrogens is 490 g/mol. The van der Waals surface area contributed by atoms with Crippen molar-refractivity contribution in [2.45, 2.75) is 57.5 Å². The first kappa shape index (κ1) is 27.9. The Labute approximate surface area is 233 Å². The summed E-state index contributed by atoms with van der Waals surface area (Å²) in [6, 6.07) is 16.1. The maximum Gasteiger partial charge on any atom is 0.255 e. The average Bonchev–Trinajstić information content (AvgIpc) is 2.95. The highest BCUT2D eigenvalue weighted by atomic mass is 16.5. The van der Waals surface area contributed by atoms with Gasteiger partial charge in [0.05, 0.1) is 24.4 Å². The van der Waals surface area contributed by atoms with Crippen LogP contribution < -0.4 is 15.0 Å². The number of fused-ring (bicyclic) bond motifs is 1. The monoisotopic (exact) mass is 535 g/mol. The molecule has 2 aromatic rings. The lowest BCUT2D eigenvalue weighted by molar-refractivity contribution is -0.0379. The number of para-hydroxylation sites is 2. The summed E-state index contributed by atoms with van der Waals surface area (Å²) in [7, 11) is 0. The van der Waals surface area contributed by atoms with E-state index in [1.807, 2.05) is 24.3 Å². The molecule has 2 fully saturated rings. The van der Waals surface area contributed by atoms with Gasteiger partial charge in [-0.3, -0.25) is 4.79 Å². The van der Waals surface area contributed by atoms with E-state index in [1.165, 1.54) is 11.3 Å². The molecule has 7 nitrogen and oxygen atoms in total. The Hall–Kier alpha value is -2.61. The van der Waals surface area contributed by atoms with Crippen molar-refractivity contribution in [1.29, 1.82) is 0 Å². The van der Waals surface area contributed by atoms with Crippen LogP contribution in [0.3, 0.4) is 0 Å². The highest BCUT2D eigenvalue weighted by molar-refractivity contribution is 5.96. The Kier molecular flexibility index (Phi) is 9.10. The maximum absolute atomic E-state index is 12.7. The van der Waals surface area contributed by atoms with Crippen molar-refractivity contribution in [3.8, 4) is 5.75 Å². The van der Waals surface area contributed by atoms with Crippen LogP contribution in [0.4, 0.5) is 5.69 Å². The van der Waals surface area contributed by atoms with Gasteiger partial charge in [-0.15, -0.1) is 0 Å². The minimum absolute atomic E-state index is 0.0705. The Morgan fingerprint density at radius 3 is 2.44 bits per heavy atom. The third kappa shape index (κ3) is 7.13.